The van der Waals surface area contributed by atoms with Crippen LogP contribution in [0, 0.1) is 0 Å². The Balaban J connectivity index is 1.96. The fraction of sp³-hybridized carbons (Fsp3) is 0.364. The minimum absolute atomic E-state index is 1.09. The first kappa shape index (κ1) is 19.6. The van der Waals surface area contributed by atoms with Crippen molar-refractivity contribution in [2.24, 2.45) is 0 Å². The minimum atomic E-state index is -1.48. The topological polar surface area (TPSA) is 6.48 Å². The third-order valence-corrected chi connectivity index (χ3v) is 10.6. The van der Waals surface area contributed by atoms with Crippen molar-refractivity contribution < 1.29 is 0 Å². The summed E-state index contributed by atoms with van der Waals surface area (Å²) in [7, 11) is 7.40. The third kappa shape index (κ3) is 4.91. The van der Waals surface area contributed by atoms with Crippen molar-refractivity contribution in [2.45, 2.75) is 25.4 Å². The smallest absolute Gasteiger partial charge is 0.202 e. The molecule has 0 radical (unpaired) electrons. The molecule has 0 spiro atoms. The van der Waals surface area contributed by atoms with E-state index in [1.807, 2.05) is 6.07 Å². The zero-order valence-corrected chi connectivity index (χ0v) is 17.4. The number of aryl methyl sites for hydroxylation is 1. The van der Waals surface area contributed by atoms with Crippen molar-refractivity contribution in [1.82, 2.24) is 9.13 Å². The van der Waals surface area contributed by atoms with Crippen LogP contribution in [0.5, 0.6) is 0 Å². The summed E-state index contributed by atoms with van der Waals surface area (Å²) >= 11 is 0. The standard InChI is InChI=1S/C22H32N2Si/c1-19(21-12-8-7-9-13-21)22-16-14-20(15-17-22)11-10-18-25(6,23(2)3)24(4)5/h7-9,12-17H,1,10-11,18H2,2-6H3. The maximum atomic E-state index is 4.25. The monoisotopic (exact) mass is 352 g/mol. The van der Waals surface area contributed by atoms with Gasteiger partial charge in [0.15, 0.2) is 0 Å². The molecular formula is C22H32N2Si. The Labute approximate surface area is 155 Å². The molecular weight excluding hydrogens is 320 g/mol. The van der Waals surface area contributed by atoms with Crippen LogP contribution in [0.3, 0.4) is 0 Å². The van der Waals surface area contributed by atoms with Gasteiger partial charge in [-0.2, -0.15) is 0 Å². The quantitative estimate of drug-likeness (QED) is 0.625. The number of rotatable bonds is 8. The molecule has 3 heteroatoms. The van der Waals surface area contributed by atoms with Gasteiger partial charge in [-0.05, 0) is 75.9 Å². The van der Waals surface area contributed by atoms with Gasteiger partial charge in [-0.15, -0.1) is 0 Å². The molecule has 0 saturated carbocycles. The van der Waals surface area contributed by atoms with Crippen LogP contribution in [0.15, 0.2) is 61.2 Å². The molecule has 2 aromatic carbocycles. The van der Waals surface area contributed by atoms with Crippen LogP contribution in [0.1, 0.15) is 23.1 Å². The van der Waals surface area contributed by atoms with Gasteiger partial charge in [-0.25, -0.2) is 0 Å². The molecule has 0 heterocycles. The van der Waals surface area contributed by atoms with Gasteiger partial charge in [-0.3, -0.25) is 0 Å². The second-order valence-electron chi connectivity index (χ2n) is 7.40. The Morgan fingerprint density at radius 1 is 0.840 bits per heavy atom. The van der Waals surface area contributed by atoms with Gasteiger partial charge in [0.25, 0.3) is 0 Å². The van der Waals surface area contributed by atoms with Gasteiger partial charge >= 0.3 is 0 Å². The number of hydrogen-bond donors (Lipinski definition) is 0. The summed E-state index contributed by atoms with van der Waals surface area (Å²) in [6.45, 7) is 6.70. The van der Waals surface area contributed by atoms with Crippen LogP contribution in [-0.2, 0) is 6.42 Å². The van der Waals surface area contributed by atoms with Crippen LogP contribution in [0.4, 0.5) is 0 Å². The molecule has 0 aliphatic heterocycles. The lowest BCUT2D eigenvalue weighted by Crippen LogP contribution is -2.58. The van der Waals surface area contributed by atoms with E-state index in [4.69, 9.17) is 0 Å². The van der Waals surface area contributed by atoms with Gasteiger partial charge < -0.3 is 9.13 Å². The maximum Gasteiger partial charge on any atom is 0.202 e. The highest BCUT2D eigenvalue weighted by molar-refractivity contribution is 6.72. The van der Waals surface area contributed by atoms with E-state index in [0.29, 0.717) is 0 Å². The van der Waals surface area contributed by atoms with E-state index in [0.717, 1.165) is 12.0 Å². The van der Waals surface area contributed by atoms with Crippen molar-refractivity contribution in [1.29, 1.82) is 0 Å². The molecule has 2 aromatic rings. The largest absolute Gasteiger partial charge is 0.317 e. The lowest BCUT2D eigenvalue weighted by molar-refractivity contribution is 0.480. The molecule has 0 fully saturated rings. The lowest BCUT2D eigenvalue weighted by Gasteiger charge is -2.39. The molecule has 134 valence electrons. The van der Waals surface area contributed by atoms with Crippen molar-refractivity contribution in [3.05, 3.63) is 77.9 Å². The van der Waals surface area contributed by atoms with E-state index in [9.17, 15) is 0 Å². The van der Waals surface area contributed by atoms with Crippen LogP contribution in [-0.4, -0.2) is 45.7 Å². The van der Waals surface area contributed by atoms with Crippen molar-refractivity contribution >= 4 is 14.0 Å². The van der Waals surface area contributed by atoms with Gasteiger partial charge in [0.1, 0.15) is 0 Å². The van der Waals surface area contributed by atoms with Crippen molar-refractivity contribution in [2.75, 3.05) is 28.2 Å². The second-order valence-corrected chi connectivity index (χ2v) is 12.1. The molecule has 0 unspecified atom stereocenters. The molecule has 0 aliphatic carbocycles. The summed E-state index contributed by atoms with van der Waals surface area (Å²) in [5.74, 6) is 0. The number of hydrogen-bond acceptors (Lipinski definition) is 2. The van der Waals surface area contributed by atoms with Crippen LogP contribution < -0.4 is 0 Å². The van der Waals surface area contributed by atoms with E-state index in [1.54, 1.807) is 0 Å². The second kappa shape index (κ2) is 8.61. The zero-order chi connectivity index (χ0) is 18.4. The number of nitrogens with zero attached hydrogens (tertiary/aromatic N) is 2. The van der Waals surface area contributed by atoms with E-state index < -0.39 is 8.40 Å². The molecule has 0 amide bonds. The van der Waals surface area contributed by atoms with Crippen LogP contribution in [0.25, 0.3) is 5.57 Å². The van der Waals surface area contributed by atoms with Crippen LogP contribution in [0.2, 0.25) is 12.6 Å². The first-order valence-electron chi connectivity index (χ1n) is 9.03. The fourth-order valence-electron chi connectivity index (χ4n) is 3.15. The molecule has 2 nitrogen and oxygen atoms in total. The molecule has 25 heavy (non-hydrogen) atoms. The summed E-state index contributed by atoms with van der Waals surface area (Å²) in [5.41, 5.74) is 4.90. The summed E-state index contributed by atoms with van der Waals surface area (Å²) < 4.78 is 4.89. The summed E-state index contributed by atoms with van der Waals surface area (Å²) in [6.07, 6.45) is 2.38. The Morgan fingerprint density at radius 2 is 1.36 bits per heavy atom. The highest BCUT2D eigenvalue weighted by Crippen LogP contribution is 2.23. The van der Waals surface area contributed by atoms with Gasteiger partial charge in [0.2, 0.25) is 8.40 Å². The fourth-order valence-corrected chi connectivity index (χ4v) is 5.69. The van der Waals surface area contributed by atoms with Crippen molar-refractivity contribution in [3.63, 3.8) is 0 Å². The molecule has 0 bridgehead atoms. The lowest BCUT2D eigenvalue weighted by atomic mass is 9.98. The van der Waals surface area contributed by atoms with E-state index in [2.05, 4.69) is 99.0 Å². The Morgan fingerprint density at radius 3 is 1.88 bits per heavy atom. The van der Waals surface area contributed by atoms with Crippen molar-refractivity contribution in [3.8, 4) is 0 Å². The highest BCUT2D eigenvalue weighted by Gasteiger charge is 2.32. The summed E-state index contributed by atoms with van der Waals surface area (Å²) in [6, 6.07) is 20.6. The summed E-state index contributed by atoms with van der Waals surface area (Å²) in [5, 5.41) is 0. The normalized spacial score (nSPS) is 12.0. The molecule has 0 aromatic heterocycles. The SMILES string of the molecule is C=C(c1ccccc1)c1ccc(CCC[Si](C)(N(C)C)N(C)C)cc1. The Kier molecular flexibility index (Phi) is 6.76. The molecule has 0 saturated heterocycles. The summed E-state index contributed by atoms with van der Waals surface area (Å²) in [4.78, 5) is 0. The first-order valence-corrected chi connectivity index (χ1v) is 11.6. The number of benzene rings is 2. The molecule has 0 atom stereocenters. The van der Waals surface area contributed by atoms with Crippen LogP contribution >= 0.6 is 0 Å². The predicted octanol–water partition coefficient (Wildman–Crippen LogP) is 4.88. The highest BCUT2D eigenvalue weighted by atomic mass is 28.3. The average Bonchev–Trinajstić information content (AvgIpc) is 2.62. The minimum Gasteiger partial charge on any atom is -0.317 e. The molecule has 2 rings (SSSR count). The maximum absolute atomic E-state index is 4.25. The third-order valence-electron chi connectivity index (χ3n) is 5.47. The van der Waals surface area contributed by atoms with Gasteiger partial charge in [-0.1, -0.05) is 61.2 Å². The van der Waals surface area contributed by atoms with E-state index in [-0.39, 0.29) is 0 Å². The van der Waals surface area contributed by atoms with E-state index in [1.165, 1.54) is 29.2 Å². The first-order chi connectivity index (χ1) is 11.8. The Bertz CT molecular complexity index is 667. The molecule has 0 N–H and O–H groups in total. The average molecular weight is 353 g/mol. The molecule has 0 aliphatic rings. The van der Waals surface area contributed by atoms with E-state index >= 15 is 0 Å². The Hall–Kier alpha value is -1.68. The predicted molar refractivity (Wildman–Crippen MR) is 113 cm³/mol. The van der Waals surface area contributed by atoms with Gasteiger partial charge in [0, 0.05) is 0 Å². The zero-order valence-electron chi connectivity index (χ0n) is 16.4. The van der Waals surface area contributed by atoms with Gasteiger partial charge in [0.05, 0.1) is 0 Å².